The highest BCUT2D eigenvalue weighted by Gasteiger charge is 2.54. The number of hydrogen-bond acceptors (Lipinski definition) is 13. The van der Waals surface area contributed by atoms with Crippen LogP contribution in [0.15, 0.2) is 28.1 Å². The average molecular weight is 593 g/mol. The van der Waals surface area contributed by atoms with E-state index in [4.69, 9.17) is 10.5 Å². The largest absolute Gasteiger partial charge is 0.477 e. The van der Waals surface area contributed by atoms with Crippen LogP contribution in [-0.2, 0) is 23.9 Å². The maximum atomic E-state index is 13.2. The lowest BCUT2D eigenvalue weighted by Crippen LogP contribution is -2.71. The van der Waals surface area contributed by atoms with Gasteiger partial charge < -0.3 is 35.9 Å². The maximum absolute atomic E-state index is 13.2. The van der Waals surface area contributed by atoms with Gasteiger partial charge in [0.15, 0.2) is 5.13 Å². The van der Waals surface area contributed by atoms with Gasteiger partial charge in [0.1, 0.15) is 17.1 Å². The zero-order valence-corrected chi connectivity index (χ0v) is 22.6. The first-order chi connectivity index (χ1) is 19.1. The Balaban J connectivity index is 1.30. The second kappa shape index (κ2) is 10.8. The van der Waals surface area contributed by atoms with E-state index < -0.39 is 41.0 Å². The van der Waals surface area contributed by atoms with E-state index in [0.717, 1.165) is 16.4 Å². The fourth-order valence-electron chi connectivity index (χ4n) is 5.10. The molecule has 3 atom stereocenters. The molecule has 0 bridgehead atoms. The number of carbonyl (C=O) groups is 5. The molecule has 4 aliphatic rings. The molecule has 1 aromatic heterocycles. The Morgan fingerprint density at radius 2 is 2.05 bits per heavy atom. The SMILES string of the molecule is COC(=O)N1CC[C@@H](N2CC/C(=C\C3=C(C(=O)O)N4C(=O)[C@@H](NC(=O)/C(=N\O)c5nsc(N)n5)[C@H]4SC3)C2=O)C1. The summed E-state index contributed by atoms with van der Waals surface area (Å²) in [6, 6.07) is -1.25. The van der Waals surface area contributed by atoms with Crippen molar-refractivity contribution in [1.82, 2.24) is 29.4 Å². The van der Waals surface area contributed by atoms with Gasteiger partial charge >= 0.3 is 12.1 Å². The highest BCUT2D eigenvalue weighted by Crippen LogP contribution is 2.41. The Kier molecular flexibility index (Phi) is 7.37. The van der Waals surface area contributed by atoms with Gasteiger partial charge in [0.05, 0.1) is 13.2 Å². The van der Waals surface area contributed by atoms with Gasteiger partial charge in [-0.1, -0.05) is 5.16 Å². The number of aromatic nitrogens is 2. The van der Waals surface area contributed by atoms with E-state index in [1.165, 1.54) is 29.8 Å². The number of oxime groups is 1. The molecule has 18 heteroatoms. The van der Waals surface area contributed by atoms with Crippen molar-refractivity contribution in [3.05, 3.63) is 28.7 Å². The number of nitrogens with zero attached hydrogens (tertiary/aromatic N) is 6. The molecule has 5 N–H and O–H groups in total. The van der Waals surface area contributed by atoms with Crippen molar-refractivity contribution in [2.75, 3.05) is 38.2 Å². The molecule has 0 radical (unpaired) electrons. The Labute approximate surface area is 234 Å². The zero-order valence-electron chi connectivity index (χ0n) is 21.0. The summed E-state index contributed by atoms with van der Waals surface area (Å²) in [5, 5.41) is 23.9. The summed E-state index contributed by atoms with van der Waals surface area (Å²) >= 11 is 2.01. The van der Waals surface area contributed by atoms with Crippen molar-refractivity contribution < 1.29 is 39.0 Å². The van der Waals surface area contributed by atoms with Gasteiger partial charge in [-0.2, -0.15) is 9.36 Å². The van der Waals surface area contributed by atoms with Crippen molar-refractivity contribution in [3.63, 3.8) is 0 Å². The summed E-state index contributed by atoms with van der Waals surface area (Å²) in [4.78, 5) is 70.9. The highest BCUT2D eigenvalue weighted by molar-refractivity contribution is 8.00. The Morgan fingerprint density at radius 1 is 1.27 bits per heavy atom. The molecule has 16 nitrogen and oxygen atoms in total. The topological polar surface area (TPSA) is 221 Å². The molecular weight excluding hydrogens is 568 g/mol. The van der Waals surface area contributed by atoms with E-state index in [2.05, 4.69) is 19.8 Å². The number of rotatable bonds is 6. The fraction of sp³-hybridized carbons (Fsp3) is 0.455. The number of hydrogen-bond donors (Lipinski definition) is 4. The molecule has 0 unspecified atom stereocenters. The van der Waals surface area contributed by atoms with E-state index in [1.54, 1.807) is 4.90 Å². The minimum atomic E-state index is -1.35. The van der Waals surface area contributed by atoms with Crippen molar-refractivity contribution in [2.24, 2.45) is 5.16 Å². The number of carboxylic acid groups (broad SMARTS) is 1. The van der Waals surface area contributed by atoms with Crippen molar-refractivity contribution in [3.8, 4) is 0 Å². The third-order valence-electron chi connectivity index (χ3n) is 7.00. The average Bonchev–Trinajstić information content (AvgIpc) is 3.67. The lowest BCUT2D eigenvalue weighted by atomic mass is 10.0. The predicted molar refractivity (Wildman–Crippen MR) is 139 cm³/mol. The molecule has 40 heavy (non-hydrogen) atoms. The first kappa shape index (κ1) is 27.4. The second-order valence-corrected chi connectivity index (χ2v) is 11.1. The zero-order chi connectivity index (χ0) is 28.7. The molecule has 4 aliphatic heterocycles. The minimum absolute atomic E-state index is 0.0471. The number of thioether (sulfide) groups is 1. The Morgan fingerprint density at radius 3 is 2.70 bits per heavy atom. The van der Waals surface area contributed by atoms with E-state index in [0.29, 0.717) is 43.6 Å². The molecule has 212 valence electrons. The number of likely N-dealkylation sites (tertiary alicyclic amines) is 2. The normalized spacial score (nSPS) is 25.8. The number of allylic oxidation sites excluding steroid dienone is 1. The monoisotopic (exact) mass is 592 g/mol. The van der Waals surface area contributed by atoms with Crippen LogP contribution in [0.2, 0.25) is 0 Å². The molecule has 3 saturated heterocycles. The lowest BCUT2D eigenvalue weighted by molar-refractivity contribution is -0.150. The van der Waals surface area contributed by atoms with Crippen LogP contribution in [0.4, 0.5) is 9.93 Å². The van der Waals surface area contributed by atoms with Gasteiger partial charge in [0.2, 0.25) is 17.4 Å². The number of anilines is 1. The number of nitrogens with two attached hydrogens (primary N) is 1. The van der Waals surface area contributed by atoms with E-state index in [9.17, 15) is 34.3 Å². The van der Waals surface area contributed by atoms with Crippen LogP contribution in [0.1, 0.15) is 18.7 Å². The predicted octanol–water partition coefficient (Wildman–Crippen LogP) is -0.963. The molecule has 4 amide bonds. The van der Waals surface area contributed by atoms with Gasteiger partial charge in [-0.05, 0) is 24.5 Å². The number of amides is 4. The number of ether oxygens (including phenoxy) is 1. The van der Waals surface area contributed by atoms with E-state index in [1.807, 2.05) is 0 Å². The van der Waals surface area contributed by atoms with Crippen LogP contribution in [0.5, 0.6) is 0 Å². The number of carbonyl (C=O) groups excluding carboxylic acids is 4. The highest BCUT2D eigenvalue weighted by atomic mass is 32.2. The fourth-order valence-corrected chi connectivity index (χ4v) is 6.84. The van der Waals surface area contributed by atoms with Gasteiger partial charge in [0.25, 0.3) is 11.8 Å². The number of carboxylic acids is 1. The second-order valence-electron chi connectivity index (χ2n) is 9.22. The standard InChI is InChI=1S/C22H24N8O8S2/c1-38-22(36)28-4-3-11(7-28)29-5-2-9(17(29)32)6-10-8-39-19-13(18(33)30(19)14(10)20(34)35)24-16(31)12(26-37)15-25-21(23)40-27-15/h6,11,13,19,37H,2-5,7-8H2,1H3,(H,24,31)(H,34,35)(H2,23,25,27)/b9-6+,26-12-/t11-,13-,19-/m1/s1. The summed E-state index contributed by atoms with van der Waals surface area (Å²) < 4.78 is 8.57. The third-order valence-corrected chi connectivity index (χ3v) is 8.84. The Hall–Kier alpha value is -4.19. The molecule has 0 aliphatic carbocycles. The van der Waals surface area contributed by atoms with E-state index >= 15 is 0 Å². The summed E-state index contributed by atoms with van der Waals surface area (Å²) in [5.74, 6) is -3.23. The van der Waals surface area contributed by atoms with Crippen LogP contribution >= 0.6 is 23.3 Å². The molecule has 5 heterocycles. The maximum Gasteiger partial charge on any atom is 0.409 e. The number of methoxy groups -OCH3 is 1. The lowest BCUT2D eigenvalue weighted by Gasteiger charge is -2.49. The summed E-state index contributed by atoms with van der Waals surface area (Å²) in [6.45, 7) is 1.26. The van der Waals surface area contributed by atoms with Crippen LogP contribution in [0.3, 0.4) is 0 Å². The molecule has 0 spiro atoms. The van der Waals surface area contributed by atoms with Crippen LogP contribution in [0, 0.1) is 0 Å². The number of nitrogen functional groups attached to an aromatic ring is 1. The first-order valence-corrected chi connectivity index (χ1v) is 13.8. The van der Waals surface area contributed by atoms with Gasteiger partial charge in [-0.25, -0.2) is 9.59 Å². The first-order valence-electron chi connectivity index (χ1n) is 12.0. The van der Waals surface area contributed by atoms with Crippen LogP contribution in [-0.4, -0.2) is 120 Å². The summed E-state index contributed by atoms with van der Waals surface area (Å²) in [6.07, 6.45) is 2.07. The number of fused-ring (bicyclic) bond motifs is 1. The summed E-state index contributed by atoms with van der Waals surface area (Å²) in [7, 11) is 1.30. The van der Waals surface area contributed by atoms with Gasteiger partial charge in [-0.3, -0.25) is 19.3 Å². The van der Waals surface area contributed by atoms with Crippen molar-refractivity contribution in [2.45, 2.75) is 30.3 Å². The van der Waals surface area contributed by atoms with Crippen molar-refractivity contribution in [1.29, 1.82) is 0 Å². The molecule has 0 aromatic carbocycles. The third kappa shape index (κ3) is 4.72. The smallest absolute Gasteiger partial charge is 0.409 e. The summed E-state index contributed by atoms with van der Waals surface area (Å²) in [5.41, 5.74) is 5.43. The quantitative estimate of drug-likeness (QED) is 0.103. The van der Waals surface area contributed by atoms with Crippen molar-refractivity contribution >= 4 is 63.9 Å². The Bertz CT molecular complexity index is 1390. The van der Waals surface area contributed by atoms with Crippen LogP contribution < -0.4 is 11.1 Å². The van der Waals surface area contributed by atoms with Crippen LogP contribution in [0.25, 0.3) is 0 Å². The minimum Gasteiger partial charge on any atom is -0.477 e. The number of nitrogens with one attached hydrogen (secondary N) is 1. The number of aliphatic carboxylic acids is 1. The molecule has 0 saturated carbocycles. The molecule has 3 fully saturated rings. The van der Waals surface area contributed by atoms with Gasteiger partial charge in [0, 0.05) is 42.5 Å². The van der Waals surface area contributed by atoms with E-state index in [-0.39, 0.29) is 34.4 Å². The molecule has 1 aromatic rings. The molecular formula is C22H24N8O8S2. The number of β-lactam (4-membered cyclic amide) rings is 1. The van der Waals surface area contributed by atoms with Gasteiger partial charge in [-0.15, -0.1) is 11.8 Å². The molecule has 5 rings (SSSR count).